The molecule has 0 unspecified atom stereocenters. The first-order valence-corrected chi connectivity index (χ1v) is 12.4. The van der Waals surface area contributed by atoms with Gasteiger partial charge in [-0.05, 0) is 61.7 Å². The molecule has 0 spiro atoms. The maximum absolute atomic E-state index is 13.9. The molecule has 0 saturated heterocycles. The van der Waals surface area contributed by atoms with Crippen LogP contribution in [0.4, 0.5) is 5.69 Å². The van der Waals surface area contributed by atoms with Crippen molar-refractivity contribution in [1.29, 1.82) is 0 Å². The molecule has 180 valence electrons. The number of para-hydroxylation sites is 1. The molecule has 0 aliphatic carbocycles. The number of amides is 2. The number of thiophene rings is 1. The van der Waals surface area contributed by atoms with Crippen molar-refractivity contribution >= 4 is 39.1 Å². The summed E-state index contributed by atoms with van der Waals surface area (Å²) in [6.07, 6.45) is 0. The molecule has 2 amide bonds. The van der Waals surface area contributed by atoms with Gasteiger partial charge in [-0.2, -0.15) is 0 Å². The van der Waals surface area contributed by atoms with Crippen molar-refractivity contribution in [3.63, 3.8) is 0 Å². The summed E-state index contributed by atoms with van der Waals surface area (Å²) < 4.78 is 13.0. The van der Waals surface area contributed by atoms with E-state index in [0.29, 0.717) is 36.0 Å². The Morgan fingerprint density at radius 1 is 1.14 bits per heavy atom. The highest BCUT2D eigenvalue weighted by Crippen LogP contribution is 2.38. The van der Waals surface area contributed by atoms with Crippen molar-refractivity contribution in [2.45, 2.75) is 32.5 Å². The summed E-state index contributed by atoms with van der Waals surface area (Å²) in [5, 5.41) is 6.06. The van der Waals surface area contributed by atoms with Gasteiger partial charge in [-0.1, -0.05) is 18.2 Å². The number of hydrogen-bond acceptors (Lipinski definition) is 5. The lowest BCUT2D eigenvalue weighted by Gasteiger charge is -2.44. The minimum Gasteiger partial charge on any atom is -0.496 e. The van der Waals surface area contributed by atoms with Crippen LogP contribution in [-0.4, -0.2) is 35.6 Å². The van der Waals surface area contributed by atoms with Crippen LogP contribution in [0.1, 0.15) is 29.9 Å². The van der Waals surface area contributed by atoms with E-state index < -0.39 is 5.54 Å². The first-order valence-electron chi connectivity index (χ1n) is 11.5. The maximum atomic E-state index is 13.9. The molecule has 5 rings (SSSR count). The number of ether oxygens (including phenoxy) is 2. The van der Waals surface area contributed by atoms with Gasteiger partial charge < -0.3 is 19.4 Å². The molecule has 3 heterocycles. The predicted molar refractivity (Wildman–Crippen MR) is 137 cm³/mol. The molecule has 8 heteroatoms. The van der Waals surface area contributed by atoms with Crippen LogP contribution in [-0.2, 0) is 17.9 Å². The highest BCUT2D eigenvalue weighted by atomic mass is 32.1. The number of nitrogens with zero attached hydrogens (tertiary/aromatic N) is 2. The number of carbonyl (C=O) groups is 2. The van der Waals surface area contributed by atoms with Crippen molar-refractivity contribution in [3.05, 3.63) is 77.3 Å². The van der Waals surface area contributed by atoms with Gasteiger partial charge in [0.1, 0.15) is 27.6 Å². The normalized spacial score (nSPS) is 17.3. The topological polar surface area (TPSA) is 72.8 Å². The minimum absolute atomic E-state index is 0.209. The zero-order chi connectivity index (χ0) is 24.6. The molecule has 1 aliphatic rings. The van der Waals surface area contributed by atoms with E-state index in [1.54, 1.807) is 23.3 Å². The Labute approximate surface area is 207 Å². The average molecular weight is 490 g/mol. The quantitative estimate of drug-likeness (QED) is 0.403. The van der Waals surface area contributed by atoms with Gasteiger partial charge in [0, 0.05) is 23.2 Å². The number of aromatic nitrogens is 1. The first-order chi connectivity index (χ1) is 17.0. The molecule has 35 heavy (non-hydrogen) atoms. The van der Waals surface area contributed by atoms with E-state index >= 15 is 0 Å². The molecule has 0 radical (unpaired) electrons. The summed E-state index contributed by atoms with van der Waals surface area (Å²) in [4.78, 5) is 30.3. The molecule has 1 atom stereocenters. The van der Waals surface area contributed by atoms with E-state index in [1.807, 2.05) is 84.5 Å². The summed E-state index contributed by atoms with van der Waals surface area (Å²) in [6, 6.07) is 18.8. The lowest BCUT2D eigenvalue weighted by atomic mass is 9.93. The number of fused-ring (bicyclic) bond motifs is 3. The van der Waals surface area contributed by atoms with Crippen LogP contribution >= 0.6 is 11.3 Å². The van der Waals surface area contributed by atoms with Gasteiger partial charge in [0.05, 0.1) is 20.3 Å². The fourth-order valence-corrected chi connectivity index (χ4v) is 5.57. The molecule has 0 fully saturated rings. The van der Waals surface area contributed by atoms with Crippen LogP contribution in [0, 0.1) is 0 Å². The predicted octanol–water partition coefficient (Wildman–Crippen LogP) is 4.85. The average Bonchev–Trinajstić information content (AvgIpc) is 3.46. The summed E-state index contributed by atoms with van der Waals surface area (Å²) in [5.74, 6) is 0.967. The molecule has 2 aromatic heterocycles. The first kappa shape index (κ1) is 23.0. The number of anilines is 1. The van der Waals surface area contributed by atoms with Crippen LogP contribution in [0.25, 0.3) is 10.2 Å². The fraction of sp³-hybridized carbons (Fsp3) is 0.259. The monoisotopic (exact) mass is 489 g/mol. The van der Waals surface area contributed by atoms with Gasteiger partial charge in [-0.15, -0.1) is 11.3 Å². The molecule has 0 saturated carbocycles. The third-order valence-electron chi connectivity index (χ3n) is 6.41. The molecule has 0 bridgehead atoms. The van der Waals surface area contributed by atoms with Gasteiger partial charge in [-0.3, -0.25) is 14.5 Å². The van der Waals surface area contributed by atoms with Crippen molar-refractivity contribution in [2.75, 3.05) is 18.6 Å². The van der Waals surface area contributed by atoms with E-state index in [2.05, 4.69) is 5.32 Å². The lowest BCUT2D eigenvalue weighted by Crippen LogP contribution is -2.64. The van der Waals surface area contributed by atoms with E-state index in [-0.39, 0.29) is 18.4 Å². The summed E-state index contributed by atoms with van der Waals surface area (Å²) in [5.41, 5.74) is 0.929. The second-order valence-corrected chi connectivity index (χ2v) is 9.53. The fourth-order valence-electron chi connectivity index (χ4n) is 4.68. The van der Waals surface area contributed by atoms with Gasteiger partial charge >= 0.3 is 0 Å². The highest BCUT2D eigenvalue weighted by molar-refractivity contribution is 7.16. The van der Waals surface area contributed by atoms with E-state index in [1.165, 1.54) is 0 Å². The van der Waals surface area contributed by atoms with E-state index in [4.69, 9.17) is 9.47 Å². The number of benzene rings is 2. The largest absolute Gasteiger partial charge is 0.496 e. The zero-order valence-electron chi connectivity index (χ0n) is 19.9. The van der Waals surface area contributed by atoms with Crippen molar-refractivity contribution in [3.8, 4) is 11.5 Å². The summed E-state index contributed by atoms with van der Waals surface area (Å²) in [7, 11) is 1.61. The second kappa shape index (κ2) is 9.11. The zero-order valence-corrected chi connectivity index (χ0v) is 20.7. The molecular weight excluding hydrogens is 462 g/mol. The number of rotatable bonds is 7. The standard InChI is InChI=1S/C27H27N3O4S/c1-4-34-21-11-9-20(10-12-21)30-24(31)22-15-18-13-14-35-25(18)29(22)17-27(30,2)26(32)28-16-19-7-5-6-8-23(19)33-3/h5-15H,4,16-17H2,1-3H3,(H,28,32)/t27-/m1/s1. The Morgan fingerprint density at radius 2 is 1.91 bits per heavy atom. The Hall–Kier alpha value is -3.78. The van der Waals surface area contributed by atoms with E-state index in [0.717, 1.165) is 15.8 Å². The molecule has 1 N–H and O–H groups in total. The Kier molecular flexibility index (Phi) is 5.98. The van der Waals surface area contributed by atoms with Gasteiger partial charge in [0.2, 0.25) is 5.91 Å². The summed E-state index contributed by atoms with van der Waals surface area (Å²) in [6.45, 7) is 4.92. The molecule has 4 aromatic rings. The second-order valence-electron chi connectivity index (χ2n) is 8.63. The minimum atomic E-state index is -1.16. The number of methoxy groups -OCH3 is 1. The molecular formula is C27H27N3O4S. The smallest absolute Gasteiger partial charge is 0.275 e. The number of hydrogen-bond donors (Lipinski definition) is 1. The Bertz CT molecular complexity index is 1390. The van der Waals surface area contributed by atoms with Crippen molar-refractivity contribution in [1.82, 2.24) is 9.88 Å². The van der Waals surface area contributed by atoms with Crippen LogP contribution < -0.4 is 19.7 Å². The molecule has 1 aliphatic heterocycles. The van der Waals surface area contributed by atoms with Crippen molar-refractivity contribution in [2.24, 2.45) is 0 Å². The summed E-state index contributed by atoms with van der Waals surface area (Å²) >= 11 is 1.57. The van der Waals surface area contributed by atoms with Crippen LogP contribution in [0.15, 0.2) is 66.0 Å². The van der Waals surface area contributed by atoms with Gasteiger partial charge in [-0.25, -0.2) is 0 Å². The van der Waals surface area contributed by atoms with Crippen LogP contribution in [0.3, 0.4) is 0 Å². The number of carbonyl (C=O) groups excluding carboxylic acids is 2. The molecule has 7 nitrogen and oxygen atoms in total. The van der Waals surface area contributed by atoms with Gasteiger partial charge in [0.15, 0.2) is 0 Å². The highest BCUT2D eigenvalue weighted by Gasteiger charge is 2.48. The number of nitrogens with one attached hydrogen (secondary N) is 1. The van der Waals surface area contributed by atoms with Crippen LogP contribution in [0.2, 0.25) is 0 Å². The SMILES string of the molecule is CCOc1ccc(N2C(=O)c3cc4ccsc4n3C[C@]2(C)C(=O)NCc2ccccc2OC)cc1. The Balaban J connectivity index is 1.53. The van der Waals surface area contributed by atoms with E-state index in [9.17, 15) is 9.59 Å². The Morgan fingerprint density at radius 3 is 2.66 bits per heavy atom. The van der Waals surface area contributed by atoms with Crippen molar-refractivity contribution < 1.29 is 19.1 Å². The van der Waals surface area contributed by atoms with Gasteiger partial charge in [0.25, 0.3) is 5.91 Å². The lowest BCUT2D eigenvalue weighted by molar-refractivity contribution is -0.126. The maximum Gasteiger partial charge on any atom is 0.275 e. The van der Waals surface area contributed by atoms with Crippen LogP contribution in [0.5, 0.6) is 11.5 Å². The molecule has 2 aromatic carbocycles. The third kappa shape index (κ3) is 3.93. The third-order valence-corrected chi connectivity index (χ3v) is 7.36.